The fourth-order valence-corrected chi connectivity index (χ4v) is 3.54. The number of nitrogens with one attached hydrogen (secondary N) is 1. The van der Waals surface area contributed by atoms with Crippen molar-refractivity contribution >= 4 is 12.4 Å². The van der Waals surface area contributed by atoms with Crippen LogP contribution in [0.2, 0.25) is 0 Å². The molecule has 0 saturated carbocycles. The largest absolute Gasteiger partial charge is 0.317 e. The average molecular weight is 378 g/mol. The summed E-state index contributed by atoms with van der Waals surface area (Å²) in [5.41, 5.74) is 3.63. The molecule has 3 rings (SSSR count). The lowest BCUT2D eigenvalue weighted by Gasteiger charge is -2.30. The van der Waals surface area contributed by atoms with Crippen molar-refractivity contribution in [2.45, 2.75) is 65.2 Å². The molecule has 1 N–H and O–H groups in total. The maximum atomic E-state index is 4.70. The molecule has 2 aromatic heterocycles. The van der Waals surface area contributed by atoms with Crippen LogP contribution in [0.4, 0.5) is 0 Å². The van der Waals surface area contributed by atoms with E-state index >= 15 is 0 Å². The Morgan fingerprint density at radius 1 is 1.23 bits per heavy atom. The zero-order chi connectivity index (χ0) is 17.6. The van der Waals surface area contributed by atoms with Gasteiger partial charge in [-0.2, -0.15) is 5.10 Å². The number of rotatable bonds is 6. The highest BCUT2D eigenvalue weighted by atomic mass is 35.5. The van der Waals surface area contributed by atoms with Crippen molar-refractivity contribution in [3.05, 3.63) is 47.5 Å². The van der Waals surface area contributed by atoms with Crippen LogP contribution in [-0.4, -0.2) is 38.8 Å². The van der Waals surface area contributed by atoms with Gasteiger partial charge in [-0.1, -0.05) is 6.07 Å². The van der Waals surface area contributed by atoms with Gasteiger partial charge in [-0.3, -0.25) is 14.6 Å². The molecule has 0 aromatic carbocycles. The van der Waals surface area contributed by atoms with Crippen molar-refractivity contribution < 1.29 is 0 Å². The molecule has 1 aliphatic heterocycles. The van der Waals surface area contributed by atoms with Gasteiger partial charge in [0.2, 0.25) is 0 Å². The van der Waals surface area contributed by atoms with E-state index in [2.05, 4.69) is 59.0 Å². The first-order valence-electron chi connectivity index (χ1n) is 9.53. The van der Waals surface area contributed by atoms with E-state index in [0.29, 0.717) is 12.1 Å². The summed E-state index contributed by atoms with van der Waals surface area (Å²) in [6.07, 6.45) is 7.81. The molecule has 1 aliphatic rings. The normalized spacial score (nSPS) is 18.0. The molecule has 26 heavy (non-hydrogen) atoms. The Morgan fingerprint density at radius 3 is 2.77 bits per heavy atom. The number of hydrogen-bond acceptors (Lipinski definition) is 4. The molecule has 1 unspecified atom stereocenters. The summed E-state index contributed by atoms with van der Waals surface area (Å²) >= 11 is 0. The second kappa shape index (κ2) is 10.0. The van der Waals surface area contributed by atoms with Crippen molar-refractivity contribution in [3.8, 4) is 0 Å². The van der Waals surface area contributed by atoms with Gasteiger partial charge in [-0.05, 0) is 65.3 Å². The van der Waals surface area contributed by atoms with Gasteiger partial charge in [0.25, 0.3) is 0 Å². The fraction of sp³-hybridized carbons (Fsp3) is 0.600. The Kier molecular flexibility index (Phi) is 8.07. The molecule has 5 nitrogen and oxygen atoms in total. The molecule has 0 spiro atoms. The molecule has 1 atom stereocenters. The smallest absolute Gasteiger partial charge is 0.0638 e. The van der Waals surface area contributed by atoms with Crippen LogP contribution in [0.1, 0.15) is 56.1 Å². The van der Waals surface area contributed by atoms with Crippen molar-refractivity contribution in [1.29, 1.82) is 0 Å². The van der Waals surface area contributed by atoms with Crippen LogP contribution in [0.25, 0.3) is 0 Å². The summed E-state index contributed by atoms with van der Waals surface area (Å²) in [4.78, 5) is 7.16. The van der Waals surface area contributed by atoms with Crippen LogP contribution < -0.4 is 5.32 Å². The number of halogens is 1. The monoisotopic (exact) mass is 377 g/mol. The molecule has 0 radical (unpaired) electrons. The molecular weight excluding hydrogens is 346 g/mol. The fourth-order valence-electron chi connectivity index (χ4n) is 3.54. The van der Waals surface area contributed by atoms with Gasteiger partial charge < -0.3 is 5.32 Å². The van der Waals surface area contributed by atoms with E-state index in [9.17, 15) is 0 Å². The van der Waals surface area contributed by atoms with E-state index in [1.165, 1.54) is 24.8 Å². The van der Waals surface area contributed by atoms with Crippen LogP contribution in [0.3, 0.4) is 0 Å². The zero-order valence-electron chi connectivity index (χ0n) is 16.2. The Balaban J connectivity index is 0.00000243. The topological polar surface area (TPSA) is 46.0 Å². The molecule has 6 heteroatoms. The van der Waals surface area contributed by atoms with Crippen molar-refractivity contribution in [1.82, 2.24) is 25.0 Å². The Hall–Kier alpha value is -1.43. The highest BCUT2D eigenvalue weighted by Crippen LogP contribution is 2.21. The van der Waals surface area contributed by atoms with Crippen molar-refractivity contribution in [2.24, 2.45) is 0 Å². The maximum absolute atomic E-state index is 4.70. The number of aromatic nitrogens is 3. The quantitative estimate of drug-likeness (QED) is 0.833. The van der Waals surface area contributed by atoms with Gasteiger partial charge in [0.15, 0.2) is 0 Å². The van der Waals surface area contributed by atoms with Gasteiger partial charge in [0.05, 0.1) is 11.4 Å². The minimum Gasteiger partial charge on any atom is -0.317 e. The third-order valence-corrected chi connectivity index (χ3v) is 5.07. The van der Waals surface area contributed by atoms with Crippen LogP contribution in [-0.2, 0) is 13.1 Å². The van der Waals surface area contributed by atoms with Gasteiger partial charge in [-0.15, -0.1) is 12.4 Å². The standard InChI is InChI=1S/C20H31N5.ClH/c1-16(2)25-14-18(17(3)23-25)13-24(15-19-7-4-5-11-22-19)20-8-6-10-21-12-9-20;/h4-5,7,11,14,16,20-21H,6,8-10,12-13,15H2,1-3H3;1H. The van der Waals surface area contributed by atoms with Crippen molar-refractivity contribution in [2.75, 3.05) is 13.1 Å². The van der Waals surface area contributed by atoms with Gasteiger partial charge in [0.1, 0.15) is 0 Å². The van der Waals surface area contributed by atoms with Crippen molar-refractivity contribution in [3.63, 3.8) is 0 Å². The predicted octanol–water partition coefficient (Wildman–Crippen LogP) is 3.73. The highest BCUT2D eigenvalue weighted by Gasteiger charge is 2.22. The Labute approximate surface area is 163 Å². The van der Waals surface area contributed by atoms with E-state index < -0.39 is 0 Å². The molecule has 3 heterocycles. The summed E-state index contributed by atoms with van der Waals surface area (Å²) in [7, 11) is 0. The van der Waals surface area contributed by atoms with Crippen LogP contribution in [0.5, 0.6) is 0 Å². The number of nitrogens with zero attached hydrogens (tertiary/aromatic N) is 4. The number of pyridine rings is 1. The zero-order valence-corrected chi connectivity index (χ0v) is 17.0. The number of hydrogen-bond donors (Lipinski definition) is 1. The lowest BCUT2D eigenvalue weighted by Crippen LogP contribution is -2.35. The van der Waals surface area contributed by atoms with Crippen LogP contribution in [0, 0.1) is 6.92 Å². The summed E-state index contributed by atoms with van der Waals surface area (Å²) < 4.78 is 2.08. The predicted molar refractivity (Wildman–Crippen MR) is 109 cm³/mol. The molecule has 144 valence electrons. The van der Waals surface area contributed by atoms with Crippen LogP contribution >= 0.6 is 12.4 Å². The third kappa shape index (κ3) is 5.53. The first-order chi connectivity index (χ1) is 12.1. The van der Waals surface area contributed by atoms with Crippen LogP contribution in [0.15, 0.2) is 30.6 Å². The molecule has 0 aliphatic carbocycles. The number of aryl methyl sites for hydroxylation is 1. The SMILES string of the molecule is Cc1nn(C(C)C)cc1CN(Cc1ccccn1)C1CCCNCC1.Cl. The summed E-state index contributed by atoms with van der Waals surface area (Å²) in [5.74, 6) is 0. The molecule has 2 aromatic rings. The Morgan fingerprint density at radius 2 is 2.08 bits per heavy atom. The third-order valence-electron chi connectivity index (χ3n) is 5.07. The van der Waals surface area contributed by atoms with Gasteiger partial charge in [-0.25, -0.2) is 0 Å². The van der Waals surface area contributed by atoms with E-state index in [-0.39, 0.29) is 12.4 Å². The molecule has 0 bridgehead atoms. The van der Waals surface area contributed by atoms with Gasteiger partial charge >= 0.3 is 0 Å². The maximum Gasteiger partial charge on any atom is 0.0638 e. The minimum absolute atomic E-state index is 0. The summed E-state index contributed by atoms with van der Waals surface area (Å²) in [6.45, 7) is 10.6. The minimum atomic E-state index is 0. The van der Waals surface area contributed by atoms with Gasteiger partial charge in [0, 0.05) is 43.1 Å². The second-order valence-electron chi connectivity index (χ2n) is 7.37. The summed E-state index contributed by atoms with van der Waals surface area (Å²) in [5, 5.41) is 8.23. The van der Waals surface area contributed by atoms with E-state index in [1.807, 2.05) is 12.3 Å². The Bertz CT molecular complexity index is 647. The molecular formula is C20H32ClN5. The van der Waals surface area contributed by atoms with E-state index in [4.69, 9.17) is 5.10 Å². The van der Waals surface area contributed by atoms with E-state index in [0.717, 1.165) is 37.6 Å². The highest BCUT2D eigenvalue weighted by molar-refractivity contribution is 5.85. The molecule has 1 saturated heterocycles. The first-order valence-corrected chi connectivity index (χ1v) is 9.53. The molecule has 0 amide bonds. The summed E-state index contributed by atoms with van der Waals surface area (Å²) in [6, 6.07) is 7.20. The lowest BCUT2D eigenvalue weighted by molar-refractivity contribution is 0.162. The van der Waals surface area contributed by atoms with E-state index in [1.54, 1.807) is 0 Å². The average Bonchev–Trinajstić information content (AvgIpc) is 2.82. The lowest BCUT2D eigenvalue weighted by atomic mass is 10.1. The first kappa shape index (κ1) is 20.9. The molecule has 1 fully saturated rings. The second-order valence-corrected chi connectivity index (χ2v) is 7.37.